The Kier molecular flexibility index (Phi) is 3.69. The highest BCUT2D eigenvalue weighted by Crippen LogP contribution is 2.11. The molecule has 1 aliphatic heterocycles. The van der Waals surface area contributed by atoms with E-state index in [0.717, 1.165) is 32.8 Å². The van der Waals surface area contributed by atoms with Crippen LogP contribution in [0.3, 0.4) is 0 Å². The number of carbonyl (C=O) groups is 1. The fourth-order valence-corrected chi connectivity index (χ4v) is 1.47. The van der Waals surface area contributed by atoms with Crippen LogP contribution in [0.25, 0.3) is 0 Å². The van der Waals surface area contributed by atoms with Crippen LogP contribution in [0.2, 0.25) is 0 Å². The molecule has 1 heterocycles. The minimum Gasteiger partial charge on any atom is -0.461 e. The second-order valence-electron chi connectivity index (χ2n) is 3.86. The summed E-state index contributed by atoms with van der Waals surface area (Å²) in [5.74, 6) is 0. The average molecular weight is 187 g/mol. The largest absolute Gasteiger partial charge is 0.461 e. The van der Waals surface area contributed by atoms with Gasteiger partial charge in [0.2, 0.25) is 0 Å². The van der Waals surface area contributed by atoms with Gasteiger partial charge in [-0.05, 0) is 13.8 Å². The van der Waals surface area contributed by atoms with E-state index >= 15 is 0 Å². The molecule has 0 bridgehead atoms. The van der Waals surface area contributed by atoms with Crippen LogP contribution in [-0.4, -0.2) is 49.8 Å². The first-order valence-electron chi connectivity index (χ1n) is 4.56. The molecular weight excluding hydrogens is 170 g/mol. The van der Waals surface area contributed by atoms with E-state index in [1.165, 1.54) is 0 Å². The summed E-state index contributed by atoms with van der Waals surface area (Å²) >= 11 is 0. The topological polar surface area (TPSA) is 38.8 Å². The van der Waals surface area contributed by atoms with E-state index in [1.54, 1.807) is 0 Å². The van der Waals surface area contributed by atoms with Gasteiger partial charge in [0.1, 0.15) is 5.60 Å². The number of hydrogen-bond acceptors (Lipinski definition) is 4. The Labute approximate surface area is 78.8 Å². The van der Waals surface area contributed by atoms with Crippen molar-refractivity contribution in [2.24, 2.45) is 0 Å². The highest BCUT2D eigenvalue weighted by molar-refractivity contribution is 5.38. The third-order valence-electron chi connectivity index (χ3n) is 2.08. The van der Waals surface area contributed by atoms with Crippen LogP contribution >= 0.6 is 0 Å². The number of morpholine rings is 1. The van der Waals surface area contributed by atoms with Crippen molar-refractivity contribution in [3.8, 4) is 0 Å². The van der Waals surface area contributed by atoms with Gasteiger partial charge in [0.05, 0.1) is 13.2 Å². The molecule has 4 nitrogen and oxygen atoms in total. The minimum absolute atomic E-state index is 0.390. The van der Waals surface area contributed by atoms with Crippen LogP contribution < -0.4 is 0 Å². The van der Waals surface area contributed by atoms with Gasteiger partial charge in [-0.25, -0.2) is 0 Å². The molecule has 0 spiro atoms. The minimum atomic E-state index is -0.390. The van der Waals surface area contributed by atoms with Crippen molar-refractivity contribution in [1.82, 2.24) is 4.90 Å². The molecule has 1 aliphatic rings. The van der Waals surface area contributed by atoms with Crippen molar-refractivity contribution in [2.45, 2.75) is 19.4 Å². The van der Waals surface area contributed by atoms with Crippen LogP contribution in [0, 0.1) is 0 Å². The number of hydrogen-bond donors (Lipinski definition) is 0. The molecule has 13 heavy (non-hydrogen) atoms. The zero-order valence-electron chi connectivity index (χ0n) is 8.28. The molecule has 1 fully saturated rings. The summed E-state index contributed by atoms with van der Waals surface area (Å²) in [5.41, 5.74) is -0.390. The molecule has 0 radical (unpaired) electrons. The van der Waals surface area contributed by atoms with E-state index in [2.05, 4.69) is 4.90 Å². The Hall–Kier alpha value is -0.610. The summed E-state index contributed by atoms with van der Waals surface area (Å²) in [6.45, 7) is 8.51. The van der Waals surface area contributed by atoms with Crippen LogP contribution in [-0.2, 0) is 14.3 Å². The molecule has 0 atom stereocenters. The lowest BCUT2D eigenvalue weighted by Gasteiger charge is -2.33. The van der Waals surface area contributed by atoms with Gasteiger partial charge in [-0.2, -0.15) is 0 Å². The smallest absolute Gasteiger partial charge is 0.293 e. The Bertz CT molecular complexity index is 164. The molecule has 0 unspecified atom stereocenters. The quantitative estimate of drug-likeness (QED) is 0.592. The zero-order chi connectivity index (χ0) is 9.73. The zero-order valence-corrected chi connectivity index (χ0v) is 8.28. The van der Waals surface area contributed by atoms with Crippen molar-refractivity contribution in [2.75, 3.05) is 32.8 Å². The first-order valence-corrected chi connectivity index (χ1v) is 4.56. The fourth-order valence-electron chi connectivity index (χ4n) is 1.47. The molecule has 0 saturated carbocycles. The summed E-state index contributed by atoms with van der Waals surface area (Å²) in [7, 11) is 0. The Morgan fingerprint density at radius 3 is 2.62 bits per heavy atom. The third kappa shape index (κ3) is 3.74. The van der Waals surface area contributed by atoms with Gasteiger partial charge < -0.3 is 9.47 Å². The number of rotatable bonds is 4. The van der Waals surface area contributed by atoms with Gasteiger partial charge in [-0.15, -0.1) is 0 Å². The predicted molar refractivity (Wildman–Crippen MR) is 48.5 cm³/mol. The molecule has 0 aromatic carbocycles. The van der Waals surface area contributed by atoms with Crippen molar-refractivity contribution >= 4 is 6.47 Å². The molecule has 0 amide bonds. The number of nitrogens with zero attached hydrogens (tertiary/aromatic N) is 1. The molecule has 1 rings (SSSR count). The van der Waals surface area contributed by atoms with Gasteiger partial charge in [0, 0.05) is 19.6 Å². The first kappa shape index (κ1) is 10.5. The van der Waals surface area contributed by atoms with Crippen LogP contribution in [0.5, 0.6) is 0 Å². The van der Waals surface area contributed by atoms with Crippen LogP contribution in [0.15, 0.2) is 0 Å². The SMILES string of the molecule is CC(C)(CN1CCOCC1)OC=O. The van der Waals surface area contributed by atoms with E-state index in [1.807, 2.05) is 13.8 Å². The molecule has 1 saturated heterocycles. The van der Waals surface area contributed by atoms with Crippen molar-refractivity contribution in [3.05, 3.63) is 0 Å². The van der Waals surface area contributed by atoms with Gasteiger partial charge >= 0.3 is 0 Å². The predicted octanol–water partition coefficient (Wildman–Crippen LogP) is 0.270. The summed E-state index contributed by atoms with van der Waals surface area (Å²) in [4.78, 5) is 12.4. The highest BCUT2D eigenvalue weighted by atomic mass is 16.5. The molecule has 0 aliphatic carbocycles. The summed E-state index contributed by atoms with van der Waals surface area (Å²) < 4.78 is 10.2. The lowest BCUT2D eigenvalue weighted by atomic mass is 10.1. The molecule has 4 heteroatoms. The first-order chi connectivity index (χ1) is 6.14. The molecule has 76 valence electrons. The van der Waals surface area contributed by atoms with E-state index < -0.39 is 0 Å². The van der Waals surface area contributed by atoms with Gasteiger partial charge in [0.15, 0.2) is 0 Å². The van der Waals surface area contributed by atoms with E-state index in [-0.39, 0.29) is 5.60 Å². The maximum Gasteiger partial charge on any atom is 0.293 e. The summed E-state index contributed by atoms with van der Waals surface area (Å²) in [6, 6.07) is 0. The Morgan fingerprint density at radius 1 is 1.46 bits per heavy atom. The second kappa shape index (κ2) is 4.58. The summed E-state index contributed by atoms with van der Waals surface area (Å²) in [5, 5.41) is 0. The van der Waals surface area contributed by atoms with Gasteiger partial charge in [-0.1, -0.05) is 0 Å². The second-order valence-corrected chi connectivity index (χ2v) is 3.86. The van der Waals surface area contributed by atoms with E-state index in [0.29, 0.717) is 6.47 Å². The lowest BCUT2D eigenvalue weighted by molar-refractivity contribution is -0.142. The van der Waals surface area contributed by atoms with E-state index in [4.69, 9.17) is 9.47 Å². The molecule has 0 aromatic rings. The molecule has 0 N–H and O–H groups in total. The monoisotopic (exact) mass is 187 g/mol. The Balaban J connectivity index is 2.32. The molecular formula is C9H17NO3. The normalized spacial score (nSPS) is 19.8. The molecule has 0 aromatic heterocycles. The lowest BCUT2D eigenvalue weighted by Crippen LogP contribution is -2.45. The van der Waals surface area contributed by atoms with Crippen molar-refractivity contribution in [3.63, 3.8) is 0 Å². The standard InChI is InChI=1S/C9H17NO3/c1-9(2,13-8-11)7-10-3-5-12-6-4-10/h8H,3-7H2,1-2H3. The third-order valence-corrected chi connectivity index (χ3v) is 2.08. The van der Waals surface area contributed by atoms with Crippen molar-refractivity contribution < 1.29 is 14.3 Å². The highest BCUT2D eigenvalue weighted by Gasteiger charge is 2.23. The van der Waals surface area contributed by atoms with Gasteiger partial charge in [-0.3, -0.25) is 9.69 Å². The Morgan fingerprint density at radius 2 is 2.08 bits per heavy atom. The van der Waals surface area contributed by atoms with E-state index in [9.17, 15) is 4.79 Å². The summed E-state index contributed by atoms with van der Waals surface area (Å²) in [6.07, 6.45) is 0. The number of carbonyl (C=O) groups excluding carboxylic acids is 1. The number of ether oxygens (including phenoxy) is 2. The van der Waals surface area contributed by atoms with Crippen molar-refractivity contribution in [1.29, 1.82) is 0 Å². The average Bonchev–Trinajstić information content (AvgIpc) is 2.04. The van der Waals surface area contributed by atoms with Gasteiger partial charge in [0.25, 0.3) is 6.47 Å². The maximum absolute atomic E-state index is 10.2. The fraction of sp³-hybridized carbons (Fsp3) is 0.889. The van der Waals surface area contributed by atoms with Crippen LogP contribution in [0.1, 0.15) is 13.8 Å². The van der Waals surface area contributed by atoms with Crippen LogP contribution in [0.4, 0.5) is 0 Å². The maximum atomic E-state index is 10.2.